The predicted molar refractivity (Wildman–Crippen MR) is 137 cm³/mol. The number of nitrogens with zero attached hydrogens (tertiary/aromatic N) is 3. The fourth-order valence-electron chi connectivity index (χ4n) is 4.35. The van der Waals surface area contributed by atoms with Gasteiger partial charge in [-0.05, 0) is 49.7 Å². The highest BCUT2D eigenvalue weighted by Gasteiger charge is 2.36. The molecule has 182 valence electrons. The Morgan fingerprint density at radius 1 is 0.917 bits per heavy atom. The molecule has 1 atom stereocenters. The van der Waals surface area contributed by atoms with Gasteiger partial charge < -0.3 is 19.3 Å². The molecule has 1 aromatic heterocycles. The van der Waals surface area contributed by atoms with E-state index in [1.165, 1.54) is 0 Å². The fourth-order valence-corrected chi connectivity index (χ4v) is 4.35. The summed E-state index contributed by atoms with van der Waals surface area (Å²) in [5.41, 5.74) is 4.91. The van der Waals surface area contributed by atoms with E-state index in [9.17, 15) is 4.79 Å². The average Bonchev–Trinajstić information content (AvgIpc) is 3.39. The van der Waals surface area contributed by atoms with Crippen molar-refractivity contribution in [3.63, 3.8) is 0 Å². The minimum Gasteiger partial charge on any atom is -0.493 e. The SMILES string of the molecule is COc1ccc(-c2noc(C3=C(C)N(c4ccc(C)cc4)C(=O)NC3c3ccccc3)n2)cc1OC. The molecule has 1 aliphatic heterocycles. The zero-order valence-corrected chi connectivity index (χ0v) is 20.5. The van der Waals surface area contributed by atoms with Crippen LogP contribution in [0.2, 0.25) is 0 Å². The van der Waals surface area contributed by atoms with Crippen LogP contribution < -0.4 is 19.7 Å². The molecule has 2 heterocycles. The molecule has 36 heavy (non-hydrogen) atoms. The number of benzene rings is 3. The van der Waals surface area contributed by atoms with Gasteiger partial charge in [-0.3, -0.25) is 4.90 Å². The molecule has 1 unspecified atom stereocenters. The lowest BCUT2D eigenvalue weighted by molar-refractivity contribution is 0.244. The number of nitrogens with one attached hydrogen (secondary N) is 1. The van der Waals surface area contributed by atoms with Gasteiger partial charge in [-0.25, -0.2) is 4.79 Å². The molecule has 3 aromatic carbocycles. The van der Waals surface area contributed by atoms with Gasteiger partial charge >= 0.3 is 6.03 Å². The topological polar surface area (TPSA) is 89.7 Å². The first kappa shape index (κ1) is 23.2. The van der Waals surface area contributed by atoms with Crippen molar-refractivity contribution in [1.82, 2.24) is 15.5 Å². The van der Waals surface area contributed by atoms with E-state index in [1.807, 2.05) is 74.5 Å². The molecule has 0 radical (unpaired) electrons. The van der Waals surface area contributed by atoms with Crippen molar-refractivity contribution in [3.05, 3.63) is 95.5 Å². The van der Waals surface area contributed by atoms with Crippen molar-refractivity contribution in [3.8, 4) is 22.9 Å². The summed E-state index contributed by atoms with van der Waals surface area (Å²) in [5, 5.41) is 7.36. The molecule has 8 heteroatoms. The largest absolute Gasteiger partial charge is 0.493 e. The summed E-state index contributed by atoms with van der Waals surface area (Å²) >= 11 is 0. The lowest BCUT2D eigenvalue weighted by Gasteiger charge is -2.35. The number of carbonyl (C=O) groups excluding carboxylic acids is 1. The zero-order valence-electron chi connectivity index (χ0n) is 20.5. The summed E-state index contributed by atoms with van der Waals surface area (Å²) in [7, 11) is 3.16. The van der Waals surface area contributed by atoms with E-state index < -0.39 is 6.04 Å². The summed E-state index contributed by atoms with van der Waals surface area (Å²) in [6.45, 7) is 3.90. The van der Waals surface area contributed by atoms with E-state index in [4.69, 9.17) is 19.0 Å². The molecular formula is C28H26N4O4. The second-order valence-corrected chi connectivity index (χ2v) is 8.46. The minimum atomic E-state index is -0.459. The van der Waals surface area contributed by atoms with Gasteiger partial charge in [0.15, 0.2) is 11.5 Å². The van der Waals surface area contributed by atoms with Crippen LogP contribution >= 0.6 is 0 Å². The highest BCUT2D eigenvalue weighted by molar-refractivity contribution is 6.01. The Hall–Kier alpha value is -4.59. The van der Waals surface area contributed by atoms with Crippen LogP contribution in [-0.4, -0.2) is 30.4 Å². The molecule has 1 aliphatic rings. The molecule has 8 nitrogen and oxygen atoms in total. The van der Waals surface area contributed by atoms with Crippen LogP contribution in [0, 0.1) is 6.92 Å². The number of hydrogen-bond donors (Lipinski definition) is 1. The van der Waals surface area contributed by atoms with E-state index in [1.54, 1.807) is 31.3 Å². The number of amides is 2. The van der Waals surface area contributed by atoms with Crippen LogP contribution in [0.3, 0.4) is 0 Å². The molecule has 1 N–H and O–H groups in total. The Morgan fingerprint density at radius 2 is 1.64 bits per heavy atom. The summed E-state index contributed by atoms with van der Waals surface area (Å²) < 4.78 is 16.5. The van der Waals surface area contributed by atoms with Crippen LogP contribution in [0.4, 0.5) is 10.5 Å². The minimum absolute atomic E-state index is 0.228. The van der Waals surface area contributed by atoms with E-state index >= 15 is 0 Å². The summed E-state index contributed by atoms with van der Waals surface area (Å²) in [6.07, 6.45) is 0. The van der Waals surface area contributed by atoms with Crippen LogP contribution in [0.15, 0.2) is 83.0 Å². The van der Waals surface area contributed by atoms with Gasteiger partial charge in [0.25, 0.3) is 5.89 Å². The number of aromatic nitrogens is 2. The molecule has 0 aliphatic carbocycles. The molecular weight excluding hydrogens is 456 g/mol. The van der Waals surface area contributed by atoms with Crippen molar-refractivity contribution in [2.75, 3.05) is 19.1 Å². The van der Waals surface area contributed by atoms with Crippen LogP contribution in [0.5, 0.6) is 11.5 Å². The third kappa shape index (κ3) is 4.17. The maximum absolute atomic E-state index is 13.3. The van der Waals surface area contributed by atoms with Crippen molar-refractivity contribution in [2.45, 2.75) is 19.9 Å². The quantitative estimate of drug-likeness (QED) is 0.376. The number of ether oxygens (including phenoxy) is 2. The highest BCUT2D eigenvalue weighted by atomic mass is 16.5. The smallest absolute Gasteiger partial charge is 0.326 e. The second kappa shape index (κ2) is 9.58. The number of anilines is 1. The van der Waals surface area contributed by atoms with Gasteiger partial charge in [0.05, 0.1) is 31.5 Å². The number of allylic oxidation sites excluding steroid dienone is 1. The number of methoxy groups -OCH3 is 2. The number of carbonyl (C=O) groups is 1. The van der Waals surface area contributed by atoms with Crippen molar-refractivity contribution >= 4 is 17.3 Å². The van der Waals surface area contributed by atoms with E-state index in [2.05, 4.69) is 10.5 Å². The number of hydrogen-bond acceptors (Lipinski definition) is 6. The monoisotopic (exact) mass is 482 g/mol. The predicted octanol–water partition coefficient (Wildman–Crippen LogP) is 5.76. The zero-order chi connectivity index (χ0) is 25.2. The molecule has 0 fully saturated rings. The molecule has 0 saturated carbocycles. The van der Waals surface area contributed by atoms with Crippen molar-refractivity contribution < 1.29 is 18.8 Å². The van der Waals surface area contributed by atoms with Gasteiger partial charge in [0.2, 0.25) is 5.82 Å². The second-order valence-electron chi connectivity index (χ2n) is 8.46. The maximum atomic E-state index is 13.3. The maximum Gasteiger partial charge on any atom is 0.326 e. The number of urea groups is 1. The fraction of sp³-hybridized carbons (Fsp3) is 0.179. The van der Waals surface area contributed by atoms with Gasteiger partial charge in [-0.15, -0.1) is 0 Å². The molecule has 0 spiro atoms. The van der Waals surface area contributed by atoms with E-state index in [0.29, 0.717) is 34.5 Å². The summed E-state index contributed by atoms with van der Waals surface area (Å²) in [4.78, 5) is 19.6. The molecule has 0 bridgehead atoms. The highest BCUT2D eigenvalue weighted by Crippen LogP contribution is 2.39. The Balaban J connectivity index is 1.63. The molecule has 2 amide bonds. The first-order valence-electron chi connectivity index (χ1n) is 11.5. The molecule has 5 rings (SSSR count). The van der Waals surface area contributed by atoms with Gasteiger partial charge in [-0.1, -0.05) is 53.2 Å². The van der Waals surface area contributed by atoms with Gasteiger partial charge in [0.1, 0.15) is 0 Å². The van der Waals surface area contributed by atoms with Crippen LogP contribution in [0.25, 0.3) is 17.0 Å². The van der Waals surface area contributed by atoms with Gasteiger partial charge in [0, 0.05) is 11.3 Å². The van der Waals surface area contributed by atoms with Gasteiger partial charge in [-0.2, -0.15) is 4.98 Å². The Kier molecular flexibility index (Phi) is 6.16. The van der Waals surface area contributed by atoms with Crippen LogP contribution in [-0.2, 0) is 0 Å². The Morgan fingerprint density at radius 3 is 2.33 bits per heavy atom. The molecule has 4 aromatic rings. The summed E-state index contributed by atoms with van der Waals surface area (Å²) in [6, 6.07) is 22.3. The lowest BCUT2D eigenvalue weighted by Crippen LogP contribution is -2.46. The number of aryl methyl sites for hydroxylation is 1. The van der Waals surface area contributed by atoms with Crippen molar-refractivity contribution in [1.29, 1.82) is 0 Å². The summed E-state index contributed by atoms with van der Waals surface area (Å²) in [5.74, 6) is 1.89. The standard InChI is InChI=1S/C28H26N4O4/c1-17-10-13-21(14-11-17)32-18(2)24(25(29-28(32)33)19-8-6-5-7-9-19)27-30-26(31-36-27)20-12-15-22(34-3)23(16-20)35-4/h5-16,25H,1-4H3,(H,29,33). The normalized spacial score (nSPS) is 15.6. The van der Waals surface area contributed by atoms with E-state index in [0.717, 1.165) is 22.4 Å². The average molecular weight is 483 g/mol. The van der Waals surface area contributed by atoms with Crippen molar-refractivity contribution in [2.24, 2.45) is 0 Å². The third-order valence-corrected chi connectivity index (χ3v) is 6.21. The third-order valence-electron chi connectivity index (χ3n) is 6.21. The first-order chi connectivity index (χ1) is 17.5. The molecule has 0 saturated heterocycles. The number of rotatable bonds is 6. The first-order valence-corrected chi connectivity index (χ1v) is 11.5. The van der Waals surface area contributed by atoms with Crippen LogP contribution in [0.1, 0.15) is 30.0 Å². The Bertz CT molecular complexity index is 1430. The lowest BCUT2D eigenvalue weighted by atomic mass is 9.94. The van der Waals surface area contributed by atoms with E-state index in [-0.39, 0.29) is 6.03 Å². The Labute approximate surface area is 209 Å².